The summed E-state index contributed by atoms with van der Waals surface area (Å²) >= 11 is 0. The summed E-state index contributed by atoms with van der Waals surface area (Å²) in [4.78, 5) is 12.8. The van der Waals surface area contributed by atoms with Crippen molar-refractivity contribution in [1.29, 1.82) is 0 Å². The number of carboxylic acid groups (broad SMARTS) is 1. The summed E-state index contributed by atoms with van der Waals surface area (Å²) in [5.41, 5.74) is 0.697. The highest BCUT2D eigenvalue weighted by Gasteiger charge is 2.25. The topological polar surface area (TPSA) is 107 Å². The largest absolute Gasteiger partial charge is 0.505 e. The Kier molecular flexibility index (Phi) is 9.32. The molecule has 0 unspecified atom stereocenters. The molecule has 1 atom stereocenters. The van der Waals surface area contributed by atoms with Crippen molar-refractivity contribution >= 4 is 21.8 Å². The molecular formula is C28H32F2N2O5S. The van der Waals surface area contributed by atoms with E-state index < -0.39 is 39.2 Å². The zero-order chi connectivity index (χ0) is 28.0. The molecule has 38 heavy (non-hydrogen) atoms. The van der Waals surface area contributed by atoms with E-state index >= 15 is 0 Å². The number of sulfonamides is 1. The van der Waals surface area contributed by atoms with Crippen LogP contribution in [0, 0.1) is 23.5 Å². The quantitative estimate of drug-likeness (QED) is 0.255. The van der Waals surface area contributed by atoms with Crippen LogP contribution in [0.2, 0.25) is 0 Å². The number of rotatable bonds is 11. The first kappa shape index (κ1) is 28.9. The molecule has 0 radical (unpaired) electrons. The average molecular weight is 547 g/mol. The molecule has 1 amide bonds. The molecule has 0 aliphatic heterocycles. The maximum atomic E-state index is 14.7. The van der Waals surface area contributed by atoms with Crippen LogP contribution in [0.5, 0.6) is 5.75 Å². The van der Waals surface area contributed by atoms with Crippen molar-refractivity contribution < 1.29 is 32.2 Å². The number of phenols is 1. The number of hydrogen-bond acceptors (Lipinski definition) is 4. The number of phenolic OH excluding ortho intramolecular Hbond substituents is 1. The summed E-state index contributed by atoms with van der Waals surface area (Å²) in [6.07, 6.45) is -0.661. The van der Waals surface area contributed by atoms with Crippen molar-refractivity contribution in [1.82, 2.24) is 4.90 Å². The molecule has 0 fully saturated rings. The Balaban J connectivity index is 1.82. The third kappa shape index (κ3) is 7.44. The third-order valence-corrected chi connectivity index (χ3v) is 7.42. The Labute approximate surface area is 221 Å². The molecule has 0 aromatic heterocycles. The van der Waals surface area contributed by atoms with Crippen molar-refractivity contribution in [3.63, 3.8) is 0 Å². The summed E-state index contributed by atoms with van der Waals surface area (Å²) in [7, 11) is -4.36. The molecule has 0 aliphatic rings. The first-order chi connectivity index (χ1) is 17.9. The minimum Gasteiger partial charge on any atom is -0.505 e. The van der Waals surface area contributed by atoms with Crippen LogP contribution in [0.1, 0.15) is 37.5 Å². The van der Waals surface area contributed by atoms with Gasteiger partial charge in [-0.1, -0.05) is 57.2 Å². The molecule has 0 saturated carbocycles. The number of nitrogens with one attached hydrogen (secondary N) is 1. The molecule has 3 N–H and O–H groups in total. The normalized spacial score (nSPS) is 12.4. The van der Waals surface area contributed by atoms with Crippen molar-refractivity contribution in [2.24, 2.45) is 11.8 Å². The van der Waals surface area contributed by atoms with Gasteiger partial charge >= 0.3 is 6.09 Å². The number of benzene rings is 3. The van der Waals surface area contributed by atoms with Gasteiger partial charge < -0.3 is 15.1 Å². The lowest BCUT2D eigenvalue weighted by Crippen LogP contribution is -2.33. The van der Waals surface area contributed by atoms with Crippen LogP contribution in [0.15, 0.2) is 65.6 Å². The molecule has 3 aromatic rings. The van der Waals surface area contributed by atoms with Gasteiger partial charge in [0.2, 0.25) is 0 Å². The second-order valence-electron chi connectivity index (χ2n) is 9.84. The fraction of sp³-hybridized carbons (Fsp3) is 0.321. The van der Waals surface area contributed by atoms with Crippen molar-refractivity contribution in [2.75, 3.05) is 11.3 Å². The second kappa shape index (κ2) is 12.3. The lowest BCUT2D eigenvalue weighted by atomic mass is 9.99. The summed E-state index contributed by atoms with van der Waals surface area (Å²) in [6, 6.07) is 14.7. The van der Waals surface area contributed by atoms with E-state index in [1.165, 1.54) is 11.0 Å². The molecular weight excluding hydrogens is 514 g/mol. The fourth-order valence-electron chi connectivity index (χ4n) is 4.30. The molecule has 7 nitrogen and oxygen atoms in total. The summed E-state index contributed by atoms with van der Waals surface area (Å²) in [5, 5.41) is 20.5. The molecule has 0 heterocycles. The highest BCUT2D eigenvalue weighted by Crippen LogP contribution is 2.34. The summed E-state index contributed by atoms with van der Waals surface area (Å²) in [6.45, 7) is 5.81. The van der Waals surface area contributed by atoms with Crippen molar-refractivity contribution in [3.8, 4) is 5.75 Å². The number of halogens is 2. The number of anilines is 1. The Bertz CT molecular complexity index is 1380. The SMILES string of the molecule is CC(C)Cc1cc(F)ccc1S(=O)(=O)Nc1c(F)ccc(C[C@@H](C)CN(Cc2ccccc2)C(=O)O)c1O. The number of nitrogens with zero attached hydrogens (tertiary/aromatic N) is 1. The Morgan fingerprint density at radius 3 is 2.29 bits per heavy atom. The molecule has 0 aliphatic carbocycles. The highest BCUT2D eigenvalue weighted by molar-refractivity contribution is 7.92. The number of carbonyl (C=O) groups is 1. The van der Waals surface area contributed by atoms with Gasteiger partial charge in [-0.25, -0.2) is 22.0 Å². The minimum absolute atomic E-state index is 0.0352. The predicted molar refractivity (Wildman–Crippen MR) is 142 cm³/mol. The van der Waals surface area contributed by atoms with Gasteiger partial charge in [-0.15, -0.1) is 0 Å². The lowest BCUT2D eigenvalue weighted by Gasteiger charge is -2.24. The van der Waals surface area contributed by atoms with Crippen LogP contribution in [0.3, 0.4) is 0 Å². The van der Waals surface area contributed by atoms with E-state index in [0.717, 1.165) is 29.8 Å². The second-order valence-corrected chi connectivity index (χ2v) is 11.5. The molecule has 204 valence electrons. The van der Waals surface area contributed by atoms with E-state index in [1.54, 1.807) is 6.92 Å². The minimum atomic E-state index is -4.36. The Morgan fingerprint density at radius 2 is 1.66 bits per heavy atom. The van der Waals surface area contributed by atoms with Gasteiger partial charge in [0.05, 0.1) is 4.90 Å². The zero-order valence-electron chi connectivity index (χ0n) is 21.5. The van der Waals surface area contributed by atoms with Crippen LogP contribution in [0.25, 0.3) is 0 Å². The molecule has 3 rings (SSSR count). The van der Waals surface area contributed by atoms with Gasteiger partial charge in [0, 0.05) is 13.1 Å². The molecule has 0 bridgehead atoms. The summed E-state index contributed by atoms with van der Waals surface area (Å²) < 4.78 is 57.0. The van der Waals surface area contributed by atoms with E-state index in [9.17, 15) is 32.2 Å². The van der Waals surface area contributed by atoms with E-state index in [2.05, 4.69) is 4.72 Å². The highest BCUT2D eigenvalue weighted by atomic mass is 32.2. The third-order valence-electron chi connectivity index (χ3n) is 5.97. The van der Waals surface area contributed by atoms with Crippen molar-refractivity contribution in [3.05, 3.63) is 89.0 Å². The first-order valence-corrected chi connectivity index (χ1v) is 13.7. The van der Waals surface area contributed by atoms with Crippen LogP contribution in [0.4, 0.5) is 19.3 Å². The molecule has 0 spiro atoms. The monoisotopic (exact) mass is 546 g/mol. The van der Waals surface area contributed by atoms with Gasteiger partial charge in [0.25, 0.3) is 10.0 Å². The predicted octanol–water partition coefficient (Wildman–Crippen LogP) is 6.03. The van der Waals surface area contributed by atoms with Gasteiger partial charge in [-0.3, -0.25) is 4.72 Å². The molecule has 10 heteroatoms. The van der Waals surface area contributed by atoms with E-state index in [1.807, 2.05) is 44.2 Å². The maximum Gasteiger partial charge on any atom is 0.407 e. The van der Waals surface area contributed by atoms with Crippen LogP contribution in [-0.2, 0) is 29.4 Å². The van der Waals surface area contributed by atoms with Crippen LogP contribution >= 0.6 is 0 Å². The van der Waals surface area contributed by atoms with E-state index in [4.69, 9.17) is 0 Å². The summed E-state index contributed by atoms with van der Waals surface area (Å²) in [5.74, 6) is -2.41. The van der Waals surface area contributed by atoms with Crippen LogP contribution < -0.4 is 4.72 Å². The fourth-order valence-corrected chi connectivity index (χ4v) is 5.61. The smallest absolute Gasteiger partial charge is 0.407 e. The van der Waals surface area contributed by atoms with Gasteiger partial charge in [0.1, 0.15) is 17.3 Å². The Morgan fingerprint density at radius 1 is 0.974 bits per heavy atom. The number of aromatic hydroxyl groups is 1. The average Bonchev–Trinajstić information content (AvgIpc) is 2.83. The van der Waals surface area contributed by atoms with Gasteiger partial charge in [-0.2, -0.15) is 0 Å². The van der Waals surface area contributed by atoms with Crippen LogP contribution in [-0.4, -0.2) is 36.2 Å². The van der Waals surface area contributed by atoms with E-state index in [-0.39, 0.29) is 53.8 Å². The van der Waals surface area contributed by atoms with Crippen molar-refractivity contribution in [2.45, 2.75) is 45.1 Å². The first-order valence-electron chi connectivity index (χ1n) is 12.2. The molecule has 3 aromatic carbocycles. The lowest BCUT2D eigenvalue weighted by molar-refractivity contribution is 0.134. The van der Waals surface area contributed by atoms with Gasteiger partial charge in [-0.05, 0) is 65.6 Å². The number of hydrogen-bond donors (Lipinski definition) is 3. The van der Waals surface area contributed by atoms with Gasteiger partial charge in [0.15, 0.2) is 5.82 Å². The molecule has 0 saturated heterocycles. The van der Waals surface area contributed by atoms with E-state index in [0.29, 0.717) is 0 Å². The maximum absolute atomic E-state index is 14.7. The number of amides is 1. The zero-order valence-corrected chi connectivity index (χ0v) is 22.3. The standard InChI is InChI=1S/C28H32F2N2O5S/c1-18(2)13-22-15-23(29)10-12-25(22)38(36,37)31-26-24(30)11-9-21(27(26)33)14-19(3)16-32(28(34)35)17-20-7-5-4-6-8-20/h4-12,15,18-19,31,33H,13-14,16-17H2,1-3H3,(H,34,35)/t19-/m1/s1. The Hall–Kier alpha value is -3.66.